The molecule has 1 aromatic heterocycles. The van der Waals surface area contributed by atoms with Crippen LogP contribution < -0.4 is 4.74 Å². The quantitative estimate of drug-likeness (QED) is 0.528. The number of carbonyl (C=O) groups excluding carboxylic acids is 1. The van der Waals surface area contributed by atoms with E-state index in [-0.39, 0.29) is 11.8 Å². The molecule has 156 valence electrons. The van der Waals surface area contributed by atoms with Gasteiger partial charge in [0.2, 0.25) is 0 Å². The lowest BCUT2D eigenvalue weighted by Gasteiger charge is -2.31. The molecule has 7 heteroatoms. The number of hydrogen-bond donors (Lipinski definition) is 1. The third-order valence-corrected chi connectivity index (χ3v) is 6.57. The Morgan fingerprint density at radius 3 is 2.37 bits per heavy atom. The number of fused-ring (bicyclic) bond motifs is 1. The zero-order valence-electron chi connectivity index (χ0n) is 16.6. The highest BCUT2D eigenvalue weighted by molar-refractivity contribution is 6.33. The van der Waals surface area contributed by atoms with Gasteiger partial charge in [-0.3, -0.25) is 14.2 Å². The summed E-state index contributed by atoms with van der Waals surface area (Å²) in [5, 5.41) is 11.6. The summed E-state index contributed by atoms with van der Waals surface area (Å²) in [6.07, 6.45) is 2.74. The molecule has 0 saturated heterocycles. The Morgan fingerprint density at radius 2 is 1.83 bits per heavy atom. The molecule has 1 saturated carbocycles. The van der Waals surface area contributed by atoms with E-state index in [2.05, 4.69) is 0 Å². The third-order valence-electron chi connectivity index (χ3n) is 6.02. The molecule has 0 aliphatic heterocycles. The van der Waals surface area contributed by atoms with Crippen molar-refractivity contribution in [1.29, 1.82) is 0 Å². The zero-order chi connectivity index (χ0) is 21.6. The van der Waals surface area contributed by atoms with Crippen molar-refractivity contribution < 1.29 is 19.4 Å². The second kappa shape index (κ2) is 7.97. The maximum Gasteiger partial charge on any atom is 0.311 e. The van der Waals surface area contributed by atoms with Gasteiger partial charge in [0, 0.05) is 21.7 Å². The van der Waals surface area contributed by atoms with E-state index < -0.39 is 11.9 Å². The van der Waals surface area contributed by atoms with Crippen molar-refractivity contribution in [1.82, 2.24) is 4.57 Å². The van der Waals surface area contributed by atoms with Crippen LogP contribution in [0.1, 0.15) is 46.8 Å². The Balaban J connectivity index is 1.99. The van der Waals surface area contributed by atoms with Crippen molar-refractivity contribution in [2.24, 2.45) is 5.92 Å². The van der Waals surface area contributed by atoms with Crippen molar-refractivity contribution in [3.05, 3.63) is 63.3 Å². The number of rotatable bonds is 5. The summed E-state index contributed by atoms with van der Waals surface area (Å²) < 4.78 is 6.92. The molecule has 5 nitrogen and oxygen atoms in total. The maximum absolute atomic E-state index is 13.4. The van der Waals surface area contributed by atoms with Crippen LogP contribution in [-0.4, -0.2) is 28.7 Å². The predicted molar refractivity (Wildman–Crippen MR) is 117 cm³/mol. The average molecular weight is 446 g/mol. The van der Waals surface area contributed by atoms with Crippen LogP contribution in [-0.2, 0) is 4.79 Å². The second-order valence-corrected chi connectivity index (χ2v) is 8.50. The topological polar surface area (TPSA) is 68.5 Å². The molecule has 1 fully saturated rings. The summed E-state index contributed by atoms with van der Waals surface area (Å²) in [7, 11) is 1.51. The van der Waals surface area contributed by atoms with E-state index in [0.717, 1.165) is 19.3 Å². The number of aliphatic carboxylic acids is 1. The molecule has 0 bridgehead atoms. The van der Waals surface area contributed by atoms with Gasteiger partial charge in [-0.2, -0.15) is 0 Å². The van der Waals surface area contributed by atoms with Crippen molar-refractivity contribution in [2.45, 2.75) is 32.1 Å². The number of carboxylic acid groups (broad SMARTS) is 1. The van der Waals surface area contributed by atoms with Gasteiger partial charge in [0.25, 0.3) is 5.91 Å². The smallest absolute Gasteiger partial charge is 0.311 e. The SMILES string of the molecule is COc1cc2c(C(C(=O)O)C3CCC3)c(C)n(C(=O)c3ccc(Cl)cc3)c2cc1Cl. The van der Waals surface area contributed by atoms with Crippen molar-refractivity contribution in [3.63, 3.8) is 0 Å². The molecule has 1 N–H and O–H groups in total. The summed E-state index contributed by atoms with van der Waals surface area (Å²) in [6.45, 7) is 1.79. The molecular weight excluding hydrogens is 425 g/mol. The van der Waals surface area contributed by atoms with Gasteiger partial charge in [0.1, 0.15) is 5.75 Å². The Kier molecular flexibility index (Phi) is 5.51. The molecule has 0 amide bonds. The Morgan fingerprint density at radius 1 is 1.17 bits per heavy atom. The minimum Gasteiger partial charge on any atom is -0.495 e. The molecule has 0 spiro atoms. The van der Waals surface area contributed by atoms with Crippen LogP contribution in [0, 0.1) is 12.8 Å². The number of carbonyl (C=O) groups is 2. The lowest BCUT2D eigenvalue weighted by atomic mass is 9.72. The van der Waals surface area contributed by atoms with Crippen LogP contribution in [0.25, 0.3) is 10.9 Å². The van der Waals surface area contributed by atoms with Gasteiger partial charge in [0.15, 0.2) is 0 Å². The molecule has 0 radical (unpaired) electrons. The fourth-order valence-electron chi connectivity index (χ4n) is 4.31. The number of nitrogens with zero attached hydrogens (tertiary/aromatic N) is 1. The van der Waals surface area contributed by atoms with Crippen LogP contribution in [0.3, 0.4) is 0 Å². The van der Waals surface area contributed by atoms with Gasteiger partial charge in [-0.1, -0.05) is 29.6 Å². The highest BCUT2D eigenvalue weighted by Crippen LogP contribution is 2.45. The van der Waals surface area contributed by atoms with E-state index in [9.17, 15) is 14.7 Å². The van der Waals surface area contributed by atoms with Crippen LogP contribution in [0.2, 0.25) is 10.0 Å². The van der Waals surface area contributed by atoms with Gasteiger partial charge in [-0.15, -0.1) is 0 Å². The minimum absolute atomic E-state index is 0.0487. The standard InChI is InChI=1S/C23H21Cl2NO4/c1-12-20(21(23(28)29)13-4-3-5-13)16-10-19(30-2)17(25)11-18(16)26(12)22(27)14-6-8-15(24)9-7-14/h6-11,13,21H,3-5H2,1-2H3,(H,28,29). The molecule has 1 heterocycles. The summed E-state index contributed by atoms with van der Waals surface area (Å²) in [6, 6.07) is 10.0. The number of carboxylic acids is 1. The molecule has 2 aromatic carbocycles. The monoisotopic (exact) mass is 445 g/mol. The predicted octanol–water partition coefficient (Wildman–Crippen LogP) is 5.92. The highest BCUT2D eigenvalue weighted by Gasteiger charge is 2.38. The molecule has 3 aromatic rings. The number of benzene rings is 2. The number of hydrogen-bond acceptors (Lipinski definition) is 3. The van der Waals surface area contributed by atoms with E-state index >= 15 is 0 Å². The zero-order valence-corrected chi connectivity index (χ0v) is 18.1. The summed E-state index contributed by atoms with van der Waals surface area (Å²) in [5.74, 6) is -1.34. The number of methoxy groups -OCH3 is 1. The van der Waals surface area contributed by atoms with Crippen LogP contribution >= 0.6 is 23.2 Å². The van der Waals surface area contributed by atoms with E-state index in [1.54, 1.807) is 47.9 Å². The Bertz CT molecular complexity index is 1150. The Labute approximate surface area is 184 Å². The number of aromatic nitrogens is 1. The van der Waals surface area contributed by atoms with Gasteiger partial charge >= 0.3 is 5.97 Å². The van der Waals surface area contributed by atoms with E-state index in [1.807, 2.05) is 0 Å². The lowest BCUT2D eigenvalue weighted by Crippen LogP contribution is -2.27. The first-order valence-electron chi connectivity index (χ1n) is 9.75. The van der Waals surface area contributed by atoms with E-state index in [4.69, 9.17) is 27.9 Å². The molecule has 1 unspecified atom stereocenters. The highest BCUT2D eigenvalue weighted by atomic mass is 35.5. The third kappa shape index (κ3) is 3.36. The molecular formula is C23H21Cl2NO4. The molecule has 30 heavy (non-hydrogen) atoms. The largest absolute Gasteiger partial charge is 0.495 e. The van der Waals surface area contributed by atoms with Crippen molar-refractivity contribution in [3.8, 4) is 5.75 Å². The first-order valence-corrected chi connectivity index (χ1v) is 10.5. The summed E-state index contributed by atoms with van der Waals surface area (Å²) >= 11 is 12.3. The van der Waals surface area contributed by atoms with Crippen molar-refractivity contribution >= 4 is 46.0 Å². The van der Waals surface area contributed by atoms with Gasteiger partial charge in [0.05, 0.1) is 23.6 Å². The normalized spacial score (nSPS) is 15.1. The molecule has 1 atom stereocenters. The van der Waals surface area contributed by atoms with E-state index in [0.29, 0.717) is 43.5 Å². The second-order valence-electron chi connectivity index (χ2n) is 7.66. The molecule has 4 rings (SSSR count). The van der Waals surface area contributed by atoms with Gasteiger partial charge in [-0.05, 0) is 67.6 Å². The van der Waals surface area contributed by atoms with Gasteiger partial charge < -0.3 is 9.84 Å². The van der Waals surface area contributed by atoms with Crippen LogP contribution in [0.4, 0.5) is 0 Å². The lowest BCUT2D eigenvalue weighted by molar-refractivity contribution is -0.141. The minimum atomic E-state index is -0.880. The number of halogens is 2. The van der Waals surface area contributed by atoms with Gasteiger partial charge in [-0.25, -0.2) is 0 Å². The summed E-state index contributed by atoms with van der Waals surface area (Å²) in [5.41, 5.74) is 2.28. The molecule has 1 aliphatic rings. The summed E-state index contributed by atoms with van der Waals surface area (Å²) in [4.78, 5) is 25.7. The maximum atomic E-state index is 13.4. The Hall–Kier alpha value is -2.50. The van der Waals surface area contributed by atoms with Crippen LogP contribution in [0.15, 0.2) is 36.4 Å². The fourth-order valence-corrected chi connectivity index (χ4v) is 4.67. The first-order chi connectivity index (χ1) is 14.3. The molecule has 1 aliphatic carbocycles. The first kappa shape index (κ1) is 20.8. The van der Waals surface area contributed by atoms with Crippen LogP contribution in [0.5, 0.6) is 5.75 Å². The fraction of sp³-hybridized carbons (Fsp3) is 0.304. The van der Waals surface area contributed by atoms with E-state index in [1.165, 1.54) is 7.11 Å². The number of ether oxygens (including phenoxy) is 1. The average Bonchev–Trinajstić information content (AvgIpc) is 2.94. The van der Waals surface area contributed by atoms with Crippen molar-refractivity contribution in [2.75, 3.05) is 7.11 Å².